The monoisotopic (exact) mass is 192 g/mol. The molecule has 1 aromatic heterocycles. The van der Waals surface area contributed by atoms with Gasteiger partial charge in [-0.05, 0) is 24.3 Å². The highest BCUT2D eigenvalue weighted by molar-refractivity contribution is 7.99. The third-order valence-corrected chi connectivity index (χ3v) is 2.61. The molecule has 0 amide bonds. The van der Waals surface area contributed by atoms with Crippen LogP contribution >= 0.6 is 11.8 Å². The second-order valence-electron chi connectivity index (χ2n) is 2.55. The van der Waals surface area contributed by atoms with Gasteiger partial charge in [0, 0.05) is 10.6 Å². The molecule has 0 radical (unpaired) electrons. The van der Waals surface area contributed by atoms with Gasteiger partial charge in [0.05, 0.1) is 0 Å². The fraction of sp³-hybridized carbons (Fsp3) is 0.400. The summed E-state index contributed by atoms with van der Waals surface area (Å²) in [7, 11) is 0. The molecule has 0 unspecified atom stereocenters. The average Bonchev–Trinajstić information content (AvgIpc) is 2.19. The SMILES string of the molecule is CCSc1ccc(CC)nc1C#N. The molecular weight excluding hydrogens is 180 g/mol. The van der Waals surface area contributed by atoms with E-state index in [1.807, 2.05) is 19.1 Å². The van der Waals surface area contributed by atoms with E-state index in [1.54, 1.807) is 11.8 Å². The van der Waals surface area contributed by atoms with Crippen LogP contribution < -0.4 is 0 Å². The summed E-state index contributed by atoms with van der Waals surface area (Å²) in [4.78, 5) is 5.23. The molecule has 0 fully saturated rings. The van der Waals surface area contributed by atoms with E-state index in [-0.39, 0.29) is 0 Å². The molecule has 1 aromatic rings. The van der Waals surface area contributed by atoms with E-state index in [0.29, 0.717) is 5.69 Å². The van der Waals surface area contributed by atoms with Crippen molar-refractivity contribution < 1.29 is 0 Å². The lowest BCUT2D eigenvalue weighted by Gasteiger charge is -2.02. The molecule has 0 saturated carbocycles. The Hall–Kier alpha value is -1.01. The van der Waals surface area contributed by atoms with Gasteiger partial charge < -0.3 is 0 Å². The van der Waals surface area contributed by atoms with Crippen molar-refractivity contribution in [1.82, 2.24) is 4.98 Å². The van der Waals surface area contributed by atoms with Crippen molar-refractivity contribution in [3.8, 4) is 6.07 Å². The highest BCUT2D eigenvalue weighted by Crippen LogP contribution is 2.20. The molecule has 0 bridgehead atoms. The Morgan fingerprint density at radius 3 is 2.77 bits per heavy atom. The Balaban J connectivity index is 3.02. The number of hydrogen-bond acceptors (Lipinski definition) is 3. The second-order valence-corrected chi connectivity index (χ2v) is 3.85. The van der Waals surface area contributed by atoms with Gasteiger partial charge in [0.25, 0.3) is 0 Å². The van der Waals surface area contributed by atoms with Crippen LogP contribution in [0, 0.1) is 11.3 Å². The zero-order chi connectivity index (χ0) is 9.68. The fourth-order valence-corrected chi connectivity index (χ4v) is 1.74. The van der Waals surface area contributed by atoms with Crippen LogP contribution in [0.25, 0.3) is 0 Å². The molecule has 0 atom stereocenters. The van der Waals surface area contributed by atoms with Crippen LogP contribution in [0.15, 0.2) is 17.0 Å². The maximum absolute atomic E-state index is 8.84. The van der Waals surface area contributed by atoms with E-state index in [9.17, 15) is 0 Å². The number of thioether (sulfide) groups is 1. The minimum Gasteiger partial charge on any atom is -0.241 e. The standard InChI is InChI=1S/C10H12N2S/c1-3-8-5-6-10(13-4-2)9(7-11)12-8/h5-6H,3-4H2,1-2H3. The third-order valence-electron chi connectivity index (χ3n) is 1.68. The van der Waals surface area contributed by atoms with E-state index < -0.39 is 0 Å². The summed E-state index contributed by atoms with van der Waals surface area (Å²) in [6.45, 7) is 4.11. The van der Waals surface area contributed by atoms with Crippen LogP contribution in [0.5, 0.6) is 0 Å². The molecule has 3 heteroatoms. The van der Waals surface area contributed by atoms with E-state index in [4.69, 9.17) is 5.26 Å². The molecule has 68 valence electrons. The minimum absolute atomic E-state index is 0.561. The number of nitrogens with zero attached hydrogens (tertiary/aromatic N) is 2. The summed E-state index contributed by atoms with van der Waals surface area (Å²) in [6.07, 6.45) is 0.881. The van der Waals surface area contributed by atoms with Gasteiger partial charge in [0.1, 0.15) is 6.07 Å². The van der Waals surface area contributed by atoms with Gasteiger partial charge in [-0.15, -0.1) is 11.8 Å². The van der Waals surface area contributed by atoms with E-state index in [1.165, 1.54) is 0 Å². The number of hydrogen-bond donors (Lipinski definition) is 0. The normalized spacial score (nSPS) is 9.62. The summed E-state index contributed by atoms with van der Waals surface area (Å²) in [5.41, 5.74) is 1.54. The Kier molecular flexibility index (Phi) is 3.78. The Labute approximate surface area is 83.0 Å². The summed E-state index contributed by atoms with van der Waals surface area (Å²) in [6, 6.07) is 6.09. The van der Waals surface area contributed by atoms with Crippen molar-refractivity contribution in [2.24, 2.45) is 0 Å². The lowest BCUT2D eigenvalue weighted by molar-refractivity contribution is 1.00. The number of aryl methyl sites for hydroxylation is 1. The Morgan fingerprint density at radius 2 is 2.23 bits per heavy atom. The van der Waals surface area contributed by atoms with Crippen LogP contribution in [0.1, 0.15) is 25.2 Å². The molecule has 0 spiro atoms. The van der Waals surface area contributed by atoms with Crippen LogP contribution in [-0.2, 0) is 6.42 Å². The number of nitriles is 1. The third kappa shape index (κ3) is 2.46. The molecule has 1 heterocycles. The smallest absolute Gasteiger partial charge is 0.154 e. The van der Waals surface area contributed by atoms with Gasteiger partial charge in [-0.3, -0.25) is 0 Å². The van der Waals surface area contributed by atoms with E-state index in [2.05, 4.69) is 18.0 Å². The molecule has 0 N–H and O–H groups in total. The van der Waals surface area contributed by atoms with Crippen LogP contribution in [0.4, 0.5) is 0 Å². The number of aromatic nitrogens is 1. The largest absolute Gasteiger partial charge is 0.241 e. The molecule has 0 aliphatic heterocycles. The summed E-state index contributed by atoms with van der Waals surface area (Å²) >= 11 is 1.66. The molecule has 0 aliphatic rings. The maximum Gasteiger partial charge on any atom is 0.154 e. The summed E-state index contributed by atoms with van der Waals surface area (Å²) in [5.74, 6) is 0.974. The molecular formula is C10H12N2S. The van der Waals surface area contributed by atoms with Crippen LogP contribution in [0.3, 0.4) is 0 Å². The first kappa shape index (κ1) is 10.1. The minimum atomic E-state index is 0.561. The second kappa shape index (κ2) is 4.88. The lowest BCUT2D eigenvalue weighted by Crippen LogP contribution is -1.92. The van der Waals surface area contributed by atoms with Crippen LogP contribution in [-0.4, -0.2) is 10.7 Å². The van der Waals surface area contributed by atoms with Crippen molar-refractivity contribution in [3.05, 3.63) is 23.5 Å². The van der Waals surface area contributed by atoms with Gasteiger partial charge >= 0.3 is 0 Å². The van der Waals surface area contributed by atoms with Gasteiger partial charge in [-0.1, -0.05) is 13.8 Å². The highest BCUT2D eigenvalue weighted by atomic mass is 32.2. The first-order chi connectivity index (χ1) is 6.31. The molecule has 1 rings (SSSR count). The topological polar surface area (TPSA) is 36.7 Å². The van der Waals surface area contributed by atoms with E-state index in [0.717, 1.165) is 22.8 Å². The van der Waals surface area contributed by atoms with E-state index >= 15 is 0 Å². The Bertz CT molecular complexity index is 328. The van der Waals surface area contributed by atoms with Crippen molar-refractivity contribution >= 4 is 11.8 Å². The van der Waals surface area contributed by atoms with Crippen molar-refractivity contribution in [2.45, 2.75) is 25.2 Å². The molecule has 0 aromatic carbocycles. The predicted octanol–water partition coefficient (Wildman–Crippen LogP) is 2.63. The number of pyridine rings is 1. The lowest BCUT2D eigenvalue weighted by atomic mass is 10.2. The number of rotatable bonds is 3. The average molecular weight is 192 g/mol. The summed E-state index contributed by atoms with van der Waals surface area (Å²) < 4.78 is 0. The Morgan fingerprint density at radius 1 is 1.46 bits per heavy atom. The maximum atomic E-state index is 8.84. The molecule has 0 aliphatic carbocycles. The van der Waals surface area contributed by atoms with Gasteiger partial charge in [0.15, 0.2) is 5.69 Å². The highest BCUT2D eigenvalue weighted by Gasteiger charge is 2.03. The van der Waals surface area contributed by atoms with Crippen molar-refractivity contribution in [1.29, 1.82) is 5.26 Å². The van der Waals surface area contributed by atoms with Gasteiger partial charge in [0.2, 0.25) is 0 Å². The van der Waals surface area contributed by atoms with Crippen LogP contribution in [0.2, 0.25) is 0 Å². The van der Waals surface area contributed by atoms with Gasteiger partial charge in [-0.25, -0.2) is 4.98 Å². The summed E-state index contributed by atoms with van der Waals surface area (Å²) in [5, 5.41) is 8.84. The zero-order valence-corrected chi connectivity index (χ0v) is 8.69. The van der Waals surface area contributed by atoms with Gasteiger partial charge in [-0.2, -0.15) is 5.26 Å². The quantitative estimate of drug-likeness (QED) is 0.691. The predicted molar refractivity (Wildman–Crippen MR) is 54.7 cm³/mol. The van der Waals surface area contributed by atoms with Crippen molar-refractivity contribution in [3.63, 3.8) is 0 Å². The molecule has 0 saturated heterocycles. The molecule has 13 heavy (non-hydrogen) atoms. The molecule has 2 nitrogen and oxygen atoms in total. The first-order valence-corrected chi connectivity index (χ1v) is 5.33. The first-order valence-electron chi connectivity index (χ1n) is 4.34. The fourth-order valence-electron chi connectivity index (χ4n) is 1.04. The zero-order valence-electron chi connectivity index (χ0n) is 7.87. The van der Waals surface area contributed by atoms with Crippen molar-refractivity contribution in [2.75, 3.05) is 5.75 Å².